The molecule has 0 aliphatic heterocycles. The number of allylic oxidation sites excluding steroid dienone is 1. The second-order valence-corrected chi connectivity index (χ2v) is 8.68. The molecule has 1 saturated carbocycles. The molecule has 29 heavy (non-hydrogen) atoms. The molecule has 2 aromatic rings. The Labute approximate surface area is 178 Å². The third-order valence-corrected chi connectivity index (χ3v) is 6.50. The van der Waals surface area contributed by atoms with Crippen LogP contribution in [0.1, 0.15) is 93.4 Å². The molecule has 0 aromatic heterocycles. The minimum atomic E-state index is 0.751. The second-order valence-electron chi connectivity index (χ2n) is 8.68. The Morgan fingerprint density at radius 2 is 1.45 bits per heavy atom. The molecule has 0 saturated heterocycles. The van der Waals surface area contributed by atoms with E-state index in [4.69, 9.17) is 0 Å². The fourth-order valence-corrected chi connectivity index (χ4v) is 4.43. The third-order valence-electron chi connectivity index (χ3n) is 6.50. The number of rotatable bonds is 7. The smallest absolute Gasteiger partial charge is 0.0249 e. The van der Waals surface area contributed by atoms with Crippen LogP contribution in [0.2, 0.25) is 0 Å². The maximum absolute atomic E-state index is 4.09. The highest BCUT2D eigenvalue weighted by Gasteiger charge is 2.21. The standard InChI is InChI=1S/C29H36/c1-4-6-24-15-19-28(20-16-24)29-21-17-27(18-22-29)14-13-26-11-9-25(10-12-26)8-7-23(3)5-2/h9-12,17-18,21-22,24,28H,3-8,15-16,19-20H2,1-2H3. The Kier molecular flexibility index (Phi) is 8.18. The van der Waals surface area contributed by atoms with Crippen molar-refractivity contribution in [2.75, 3.05) is 0 Å². The lowest BCUT2D eigenvalue weighted by Gasteiger charge is -2.28. The van der Waals surface area contributed by atoms with Crippen molar-refractivity contribution in [3.05, 3.63) is 82.9 Å². The molecule has 0 radical (unpaired) electrons. The fraction of sp³-hybridized carbons (Fsp3) is 0.448. The molecular formula is C29H36. The predicted molar refractivity (Wildman–Crippen MR) is 126 cm³/mol. The first-order chi connectivity index (χ1) is 14.2. The quantitative estimate of drug-likeness (QED) is 0.334. The zero-order valence-electron chi connectivity index (χ0n) is 18.3. The van der Waals surface area contributed by atoms with E-state index in [1.807, 2.05) is 0 Å². The normalized spacial score (nSPS) is 18.7. The van der Waals surface area contributed by atoms with Gasteiger partial charge in [0.05, 0.1) is 0 Å². The van der Waals surface area contributed by atoms with Crippen LogP contribution in [0, 0.1) is 17.8 Å². The number of benzene rings is 2. The van der Waals surface area contributed by atoms with Gasteiger partial charge in [-0.1, -0.05) is 74.9 Å². The van der Waals surface area contributed by atoms with Gasteiger partial charge < -0.3 is 0 Å². The molecule has 3 rings (SSSR count). The first-order valence-corrected chi connectivity index (χ1v) is 11.6. The van der Waals surface area contributed by atoms with Gasteiger partial charge in [0, 0.05) is 11.1 Å². The van der Waals surface area contributed by atoms with E-state index < -0.39 is 0 Å². The van der Waals surface area contributed by atoms with Crippen LogP contribution < -0.4 is 0 Å². The van der Waals surface area contributed by atoms with E-state index in [2.05, 4.69) is 80.8 Å². The summed E-state index contributed by atoms with van der Waals surface area (Å²) in [6.07, 6.45) is 11.5. The number of aryl methyl sites for hydroxylation is 1. The van der Waals surface area contributed by atoms with Crippen LogP contribution in [0.4, 0.5) is 0 Å². The van der Waals surface area contributed by atoms with E-state index in [0.717, 1.165) is 42.2 Å². The van der Waals surface area contributed by atoms with Gasteiger partial charge in [-0.05, 0) is 92.2 Å². The Hall–Kier alpha value is -2.26. The van der Waals surface area contributed by atoms with Crippen molar-refractivity contribution in [2.24, 2.45) is 5.92 Å². The largest absolute Gasteiger partial charge is 0.0999 e. The van der Waals surface area contributed by atoms with Gasteiger partial charge in [-0.3, -0.25) is 0 Å². The summed E-state index contributed by atoms with van der Waals surface area (Å²) in [6.45, 7) is 8.58. The third kappa shape index (κ3) is 6.64. The fourth-order valence-electron chi connectivity index (χ4n) is 4.43. The van der Waals surface area contributed by atoms with Crippen LogP contribution in [0.25, 0.3) is 0 Å². The molecule has 0 spiro atoms. The molecule has 1 aliphatic rings. The zero-order valence-corrected chi connectivity index (χ0v) is 18.3. The molecule has 1 aliphatic carbocycles. The van der Waals surface area contributed by atoms with E-state index >= 15 is 0 Å². The molecule has 0 heteroatoms. The lowest BCUT2D eigenvalue weighted by Crippen LogP contribution is -2.13. The van der Waals surface area contributed by atoms with Gasteiger partial charge in [0.15, 0.2) is 0 Å². The first-order valence-electron chi connectivity index (χ1n) is 11.6. The lowest BCUT2D eigenvalue weighted by molar-refractivity contribution is 0.308. The second kappa shape index (κ2) is 11.1. The average molecular weight is 385 g/mol. The lowest BCUT2D eigenvalue weighted by atomic mass is 9.77. The Balaban J connectivity index is 1.54. The van der Waals surface area contributed by atoms with Crippen LogP contribution in [0.15, 0.2) is 60.7 Å². The molecule has 0 atom stereocenters. The van der Waals surface area contributed by atoms with Crippen LogP contribution >= 0.6 is 0 Å². The van der Waals surface area contributed by atoms with Crippen LogP contribution in [-0.4, -0.2) is 0 Å². The summed E-state index contributed by atoms with van der Waals surface area (Å²) in [5.41, 5.74) is 6.39. The summed E-state index contributed by atoms with van der Waals surface area (Å²) >= 11 is 0. The van der Waals surface area contributed by atoms with Crippen molar-refractivity contribution in [1.29, 1.82) is 0 Å². The topological polar surface area (TPSA) is 0 Å². The molecule has 0 N–H and O–H groups in total. The van der Waals surface area contributed by atoms with Crippen molar-refractivity contribution in [3.63, 3.8) is 0 Å². The molecule has 152 valence electrons. The van der Waals surface area contributed by atoms with E-state index in [1.165, 1.54) is 55.2 Å². The van der Waals surface area contributed by atoms with Crippen molar-refractivity contribution in [3.8, 4) is 11.8 Å². The van der Waals surface area contributed by atoms with Gasteiger partial charge in [-0.25, -0.2) is 0 Å². The van der Waals surface area contributed by atoms with E-state index in [-0.39, 0.29) is 0 Å². The summed E-state index contributed by atoms with van der Waals surface area (Å²) in [5.74, 6) is 8.37. The van der Waals surface area contributed by atoms with Gasteiger partial charge in [0.25, 0.3) is 0 Å². The highest BCUT2D eigenvalue weighted by molar-refractivity contribution is 5.44. The van der Waals surface area contributed by atoms with Gasteiger partial charge in [-0.2, -0.15) is 0 Å². The first kappa shape index (κ1) is 21.4. The van der Waals surface area contributed by atoms with E-state index in [1.54, 1.807) is 0 Å². The molecule has 0 amide bonds. The van der Waals surface area contributed by atoms with Crippen molar-refractivity contribution in [2.45, 2.75) is 77.6 Å². The molecular weight excluding hydrogens is 348 g/mol. The van der Waals surface area contributed by atoms with E-state index in [9.17, 15) is 0 Å². The molecule has 0 nitrogen and oxygen atoms in total. The van der Waals surface area contributed by atoms with Crippen molar-refractivity contribution >= 4 is 0 Å². The maximum Gasteiger partial charge on any atom is 0.0249 e. The Morgan fingerprint density at radius 3 is 2.00 bits per heavy atom. The Bertz CT molecular complexity index is 818. The van der Waals surface area contributed by atoms with Gasteiger partial charge in [-0.15, -0.1) is 0 Å². The molecule has 0 bridgehead atoms. The summed E-state index contributed by atoms with van der Waals surface area (Å²) in [5, 5.41) is 0. The molecule has 0 unspecified atom stereocenters. The SMILES string of the molecule is C=C(CC)CCc1ccc(C#Cc2ccc(C3CCC(CCC)CC3)cc2)cc1. The minimum Gasteiger partial charge on any atom is -0.0999 e. The van der Waals surface area contributed by atoms with Crippen molar-refractivity contribution in [1.82, 2.24) is 0 Å². The van der Waals surface area contributed by atoms with Crippen LogP contribution in [0.3, 0.4) is 0 Å². The van der Waals surface area contributed by atoms with Crippen LogP contribution in [0.5, 0.6) is 0 Å². The molecule has 2 aromatic carbocycles. The van der Waals surface area contributed by atoms with Gasteiger partial charge in [0.1, 0.15) is 0 Å². The summed E-state index contributed by atoms with van der Waals surface area (Å²) in [6, 6.07) is 17.7. The summed E-state index contributed by atoms with van der Waals surface area (Å²) in [4.78, 5) is 0. The number of hydrogen-bond donors (Lipinski definition) is 0. The Morgan fingerprint density at radius 1 is 0.862 bits per heavy atom. The highest BCUT2D eigenvalue weighted by atomic mass is 14.3. The minimum absolute atomic E-state index is 0.751. The zero-order chi connectivity index (χ0) is 20.5. The van der Waals surface area contributed by atoms with Gasteiger partial charge >= 0.3 is 0 Å². The van der Waals surface area contributed by atoms with Crippen LogP contribution in [-0.2, 0) is 6.42 Å². The van der Waals surface area contributed by atoms with Gasteiger partial charge in [0.2, 0.25) is 0 Å². The average Bonchev–Trinajstić information content (AvgIpc) is 2.78. The molecule has 1 fully saturated rings. The molecule has 0 heterocycles. The number of hydrogen-bond acceptors (Lipinski definition) is 0. The summed E-state index contributed by atoms with van der Waals surface area (Å²) in [7, 11) is 0. The van der Waals surface area contributed by atoms with Crippen molar-refractivity contribution < 1.29 is 0 Å². The highest BCUT2D eigenvalue weighted by Crippen LogP contribution is 2.37. The monoisotopic (exact) mass is 384 g/mol. The van der Waals surface area contributed by atoms with E-state index in [0.29, 0.717) is 0 Å². The maximum atomic E-state index is 4.09. The predicted octanol–water partition coefficient (Wildman–Crippen LogP) is 8.06. The summed E-state index contributed by atoms with van der Waals surface area (Å²) < 4.78 is 0.